The largest absolute Gasteiger partial charge is 0.518 e. The van der Waals surface area contributed by atoms with Crippen LogP contribution in [-0.4, -0.2) is 39.3 Å². The van der Waals surface area contributed by atoms with Gasteiger partial charge in [0.05, 0.1) is 7.11 Å². The van der Waals surface area contributed by atoms with Gasteiger partial charge >= 0.3 is 12.1 Å². The SMILES string of the molecule is COC(=O)N[C@@H](CC(=O)c1ccc(Cl)cc1)C(=O)O[Si](C)(C)C. The lowest BCUT2D eigenvalue weighted by molar-refractivity contribution is -0.137. The molecule has 0 unspecified atom stereocenters. The summed E-state index contributed by atoms with van der Waals surface area (Å²) in [6, 6.07) is 5.18. The van der Waals surface area contributed by atoms with Gasteiger partial charge in [0.25, 0.3) is 0 Å². The number of alkyl carbamates (subject to hydrolysis) is 1. The molecule has 6 nitrogen and oxygen atoms in total. The van der Waals surface area contributed by atoms with E-state index in [0.717, 1.165) is 0 Å². The molecular weight excluding hydrogens is 338 g/mol. The van der Waals surface area contributed by atoms with Crippen LogP contribution in [0.2, 0.25) is 24.7 Å². The third-order valence-electron chi connectivity index (χ3n) is 2.72. The van der Waals surface area contributed by atoms with E-state index in [4.69, 9.17) is 16.0 Å². The van der Waals surface area contributed by atoms with Crippen LogP contribution < -0.4 is 5.32 Å². The van der Waals surface area contributed by atoms with Crippen LogP contribution in [0.3, 0.4) is 0 Å². The topological polar surface area (TPSA) is 81.7 Å². The van der Waals surface area contributed by atoms with Crippen LogP contribution in [0, 0.1) is 0 Å². The number of nitrogens with one attached hydrogen (secondary N) is 1. The molecule has 1 aromatic carbocycles. The highest BCUT2D eigenvalue weighted by Gasteiger charge is 2.30. The lowest BCUT2D eigenvalue weighted by atomic mass is 10.0. The molecule has 8 heteroatoms. The summed E-state index contributed by atoms with van der Waals surface area (Å²) in [7, 11) is -0.975. The van der Waals surface area contributed by atoms with E-state index in [9.17, 15) is 14.4 Å². The van der Waals surface area contributed by atoms with E-state index < -0.39 is 26.4 Å². The van der Waals surface area contributed by atoms with Crippen molar-refractivity contribution in [2.45, 2.75) is 32.1 Å². The molecule has 0 fully saturated rings. The van der Waals surface area contributed by atoms with Crippen molar-refractivity contribution in [3.63, 3.8) is 0 Å². The van der Waals surface area contributed by atoms with Crippen molar-refractivity contribution in [3.05, 3.63) is 34.9 Å². The Morgan fingerprint density at radius 1 is 1.17 bits per heavy atom. The molecule has 0 aromatic heterocycles. The average Bonchev–Trinajstić information content (AvgIpc) is 2.45. The predicted octanol–water partition coefficient (Wildman–Crippen LogP) is 3.02. The fourth-order valence-corrected chi connectivity index (χ4v) is 2.58. The maximum absolute atomic E-state index is 12.3. The third kappa shape index (κ3) is 6.83. The number of hydrogen-bond donors (Lipinski definition) is 1. The number of amides is 1. The Hall–Kier alpha value is -1.86. The van der Waals surface area contributed by atoms with Crippen molar-refractivity contribution in [2.24, 2.45) is 0 Å². The van der Waals surface area contributed by atoms with Crippen molar-refractivity contribution < 1.29 is 23.5 Å². The first-order valence-corrected chi connectivity index (χ1v) is 10.8. The normalized spacial score (nSPS) is 12.2. The first-order valence-electron chi connectivity index (χ1n) is 6.98. The molecule has 1 atom stereocenters. The Labute approximate surface area is 141 Å². The molecule has 0 aliphatic rings. The van der Waals surface area contributed by atoms with Crippen molar-refractivity contribution >= 4 is 37.8 Å². The lowest BCUT2D eigenvalue weighted by Gasteiger charge is -2.22. The van der Waals surface area contributed by atoms with Gasteiger partial charge in [0, 0.05) is 17.0 Å². The minimum atomic E-state index is -2.15. The van der Waals surface area contributed by atoms with Gasteiger partial charge in [-0.15, -0.1) is 0 Å². The molecule has 0 saturated carbocycles. The number of Topliss-reactive ketones (excluding diaryl/α,β-unsaturated/α-hetero) is 1. The summed E-state index contributed by atoms with van der Waals surface area (Å²) in [5.74, 6) is -0.951. The molecule has 0 spiro atoms. The van der Waals surface area contributed by atoms with Crippen LogP contribution in [0.1, 0.15) is 16.8 Å². The molecule has 1 rings (SSSR count). The van der Waals surface area contributed by atoms with Crippen LogP contribution in [0.4, 0.5) is 4.79 Å². The van der Waals surface area contributed by atoms with Crippen molar-refractivity contribution in [3.8, 4) is 0 Å². The number of rotatable bonds is 6. The lowest BCUT2D eigenvalue weighted by Crippen LogP contribution is -2.46. The van der Waals surface area contributed by atoms with Crippen LogP contribution in [0.15, 0.2) is 24.3 Å². The highest BCUT2D eigenvalue weighted by molar-refractivity contribution is 6.71. The van der Waals surface area contributed by atoms with Crippen LogP contribution in [-0.2, 0) is 14.0 Å². The molecule has 1 amide bonds. The van der Waals surface area contributed by atoms with E-state index in [1.807, 2.05) is 19.6 Å². The monoisotopic (exact) mass is 357 g/mol. The molecule has 0 bridgehead atoms. The summed E-state index contributed by atoms with van der Waals surface area (Å²) in [5, 5.41) is 2.84. The zero-order valence-electron chi connectivity index (χ0n) is 13.5. The number of benzene rings is 1. The van der Waals surface area contributed by atoms with E-state index >= 15 is 0 Å². The van der Waals surface area contributed by atoms with Crippen molar-refractivity contribution in [2.75, 3.05) is 7.11 Å². The van der Waals surface area contributed by atoms with Crippen LogP contribution in [0.5, 0.6) is 0 Å². The Morgan fingerprint density at radius 3 is 2.22 bits per heavy atom. The fourth-order valence-electron chi connectivity index (χ4n) is 1.71. The molecule has 1 N–H and O–H groups in total. The number of methoxy groups -OCH3 is 1. The summed E-state index contributed by atoms with van der Waals surface area (Å²) in [4.78, 5) is 35.9. The molecule has 1 aromatic rings. The zero-order chi connectivity index (χ0) is 17.6. The highest BCUT2D eigenvalue weighted by atomic mass is 35.5. The minimum Gasteiger partial charge on any atom is -0.518 e. The number of ether oxygens (including phenoxy) is 1. The summed E-state index contributed by atoms with van der Waals surface area (Å²) in [6.45, 7) is 5.50. The Balaban J connectivity index is 2.87. The fraction of sp³-hybridized carbons (Fsp3) is 0.400. The second-order valence-corrected chi connectivity index (χ2v) is 10.7. The molecule has 0 aliphatic carbocycles. The molecule has 0 aliphatic heterocycles. The van der Waals surface area contributed by atoms with Gasteiger partial charge in [-0.3, -0.25) is 9.59 Å². The van der Waals surface area contributed by atoms with Gasteiger partial charge in [0.15, 0.2) is 5.78 Å². The van der Waals surface area contributed by atoms with E-state index in [2.05, 4.69) is 10.1 Å². The van der Waals surface area contributed by atoms with Crippen molar-refractivity contribution in [1.29, 1.82) is 0 Å². The molecule has 23 heavy (non-hydrogen) atoms. The summed E-state index contributed by atoms with van der Waals surface area (Å²) >= 11 is 5.78. The predicted molar refractivity (Wildman–Crippen MR) is 89.2 cm³/mol. The van der Waals surface area contributed by atoms with Gasteiger partial charge in [-0.25, -0.2) is 4.79 Å². The average molecular weight is 358 g/mol. The van der Waals surface area contributed by atoms with Crippen LogP contribution >= 0.6 is 11.6 Å². The number of hydrogen-bond acceptors (Lipinski definition) is 5. The van der Waals surface area contributed by atoms with E-state index in [1.54, 1.807) is 24.3 Å². The summed E-state index contributed by atoms with van der Waals surface area (Å²) < 4.78 is 9.85. The van der Waals surface area contributed by atoms with Gasteiger partial charge in [-0.05, 0) is 43.9 Å². The molecule has 126 valence electrons. The van der Waals surface area contributed by atoms with Gasteiger partial charge in [0.2, 0.25) is 8.32 Å². The molecule has 0 heterocycles. The van der Waals surface area contributed by atoms with E-state index in [0.29, 0.717) is 10.6 Å². The first-order chi connectivity index (χ1) is 10.6. The summed E-state index contributed by atoms with van der Waals surface area (Å²) in [6.07, 6.45) is -1.02. The standard InChI is InChI=1S/C15H20ClNO5Si/c1-21-15(20)17-12(14(19)22-23(2,3)4)9-13(18)10-5-7-11(16)8-6-10/h5-8,12H,9H2,1-4H3,(H,17,20)/t12-/m0/s1. The quantitative estimate of drug-likeness (QED) is 0.625. The third-order valence-corrected chi connectivity index (χ3v) is 3.79. The second kappa shape index (κ2) is 8.12. The number of carbonyl (C=O) groups is 3. The number of carbonyl (C=O) groups excluding carboxylic acids is 3. The first kappa shape index (κ1) is 19.2. The smallest absolute Gasteiger partial charge is 0.407 e. The number of halogens is 1. The highest BCUT2D eigenvalue weighted by Crippen LogP contribution is 2.14. The van der Waals surface area contributed by atoms with Gasteiger partial charge in [-0.1, -0.05) is 11.6 Å². The molecule has 0 saturated heterocycles. The Bertz CT molecular complexity index is 583. The molecular formula is C15H20ClNO5Si. The zero-order valence-corrected chi connectivity index (χ0v) is 15.3. The van der Waals surface area contributed by atoms with Gasteiger partial charge < -0.3 is 14.5 Å². The van der Waals surface area contributed by atoms with E-state index in [-0.39, 0.29) is 12.2 Å². The van der Waals surface area contributed by atoms with E-state index in [1.165, 1.54) is 7.11 Å². The maximum Gasteiger partial charge on any atom is 0.407 e. The number of ketones is 1. The Morgan fingerprint density at radius 2 is 1.74 bits per heavy atom. The van der Waals surface area contributed by atoms with Gasteiger partial charge in [0.1, 0.15) is 6.04 Å². The minimum absolute atomic E-state index is 0.222. The maximum atomic E-state index is 12.3. The van der Waals surface area contributed by atoms with Gasteiger partial charge in [-0.2, -0.15) is 0 Å². The van der Waals surface area contributed by atoms with Crippen LogP contribution in [0.25, 0.3) is 0 Å². The summed E-state index contributed by atoms with van der Waals surface area (Å²) in [5.41, 5.74) is 0.395. The van der Waals surface area contributed by atoms with Crippen molar-refractivity contribution in [1.82, 2.24) is 5.32 Å². The molecule has 0 radical (unpaired) electrons. The Kier molecular flexibility index (Phi) is 6.77. The second-order valence-electron chi connectivity index (χ2n) is 5.86.